The number of hydrogen-bond acceptors (Lipinski definition) is 1. The van der Waals surface area contributed by atoms with E-state index < -0.39 is 16.1 Å². The molecule has 0 fully saturated rings. The summed E-state index contributed by atoms with van der Waals surface area (Å²) in [7, 11) is -3.48. The molecule has 0 radical (unpaired) electrons. The third-order valence-electron chi connectivity index (χ3n) is 6.84. The molecule has 0 amide bonds. The van der Waals surface area contributed by atoms with E-state index in [1.807, 2.05) is 0 Å². The van der Waals surface area contributed by atoms with Gasteiger partial charge in [0.25, 0.3) is 0 Å². The summed E-state index contributed by atoms with van der Waals surface area (Å²) in [5.74, 6) is 0. The average molecular weight is 422 g/mol. The first-order valence-electron chi connectivity index (χ1n) is 10.7. The highest BCUT2D eigenvalue weighted by molar-refractivity contribution is 7.04. The second-order valence-corrected chi connectivity index (χ2v) is 18.0. The van der Waals surface area contributed by atoms with Crippen molar-refractivity contribution in [3.63, 3.8) is 0 Å². The minimum absolute atomic E-state index is 1.10. The van der Waals surface area contributed by atoms with Gasteiger partial charge < -0.3 is 0 Å². The van der Waals surface area contributed by atoms with Crippen molar-refractivity contribution < 1.29 is 0 Å². The quantitative estimate of drug-likeness (QED) is 0.448. The summed E-state index contributed by atoms with van der Waals surface area (Å²) in [6, 6.07) is 31.2. The Kier molecular flexibility index (Phi) is 4.42. The van der Waals surface area contributed by atoms with E-state index in [1.54, 1.807) is 5.19 Å². The highest BCUT2D eigenvalue weighted by atomic mass is 28.3. The number of hydrogen-bond donors (Lipinski definition) is 0. The van der Waals surface area contributed by atoms with Gasteiger partial charge in [-0.25, -0.2) is 0 Å². The van der Waals surface area contributed by atoms with Crippen molar-refractivity contribution in [1.82, 2.24) is 4.98 Å². The fraction of sp³-hybridized carbons (Fsp3) is 0.148. The molecule has 0 bridgehead atoms. The van der Waals surface area contributed by atoms with Gasteiger partial charge in [-0.1, -0.05) is 110 Å². The standard InChI is InChI=1S/C27H27NSi2/c1-29(2,20-11-6-5-7-12-20)21-17-18-25(28-19-21)24-15-10-14-23-22-13-8-9-16-26(22)30(3,4)27(23)24/h5-19H,1-4H3. The molecule has 0 saturated heterocycles. The maximum Gasteiger partial charge on any atom is 0.114 e. The Morgan fingerprint density at radius 1 is 0.633 bits per heavy atom. The van der Waals surface area contributed by atoms with E-state index in [1.165, 1.54) is 32.3 Å². The first-order valence-corrected chi connectivity index (χ1v) is 16.7. The fourth-order valence-corrected chi connectivity index (χ4v) is 10.7. The first-order chi connectivity index (χ1) is 14.4. The molecule has 1 aromatic heterocycles. The summed E-state index contributed by atoms with van der Waals surface area (Å²) in [5.41, 5.74) is 5.23. The molecule has 0 atom stereocenters. The molecular formula is C27H27NSi2. The van der Waals surface area contributed by atoms with Crippen LogP contribution in [0, 0.1) is 0 Å². The van der Waals surface area contributed by atoms with Crippen LogP contribution in [0.15, 0.2) is 91.1 Å². The highest BCUT2D eigenvalue weighted by Crippen LogP contribution is 2.32. The first kappa shape index (κ1) is 19.2. The molecule has 1 aliphatic rings. The molecule has 0 unspecified atom stereocenters. The molecule has 148 valence electrons. The summed E-state index contributed by atoms with van der Waals surface area (Å²) in [6.45, 7) is 9.76. The monoisotopic (exact) mass is 421 g/mol. The maximum atomic E-state index is 5.00. The Morgan fingerprint density at radius 2 is 1.30 bits per heavy atom. The summed E-state index contributed by atoms with van der Waals surface area (Å²) in [5, 5.41) is 5.90. The van der Waals surface area contributed by atoms with Crippen LogP contribution >= 0.6 is 0 Å². The lowest BCUT2D eigenvalue weighted by molar-refractivity contribution is 1.34. The third kappa shape index (κ3) is 2.84. The van der Waals surface area contributed by atoms with E-state index in [4.69, 9.17) is 4.98 Å². The largest absolute Gasteiger partial charge is 0.256 e. The maximum absolute atomic E-state index is 5.00. The zero-order chi connectivity index (χ0) is 20.9. The molecule has 3 aromatic carbocycles. The zero-order valence-corrected chi connectivity index (χ0v) is 20.1. The van der Waals surface area contributed by atoms with Crippen molar-refractivity contribution in [3.8, 4) is 22.4 Å². The van der Waals surface area contributed by atoms with Crippen molar-refractivity contribution in [3.05, 3.63) is 91.1 Å². The molecule has 5 rings (SSSR count). The summed E-state index contributed by atoms with van der Waals surface area (Å²) >= 11 is 0. The predicted octanol–water partition coefficient (Wildman–Crippen LogP) is 4.37. The van der Waals surface area contributed by atoms with Crippen LogP contribution in [0.25, 0.3) is 22.4 Å². The van der Waals surface area contributed by atoms with Crippen LogP contribution in [-0.4, -0.2) is 21.1 Å². The topological polar surface area (TPSA) is 12.9 Å². The third-order valence-corrected chi connectivity index (χ3v) is 13.9. The molecule has 1 nitrogen and oxygen atoms in total. The van der Waals surface area contributed by atoms with E-state index in [0.717, 1.165) is 5.69 Å². The number of pyridine rings is 1. The molecule has 0 saturated carbocycles. The van der Waals surface area contributed by atoms with Gasteiger partial charge in [-0.3, -0.25) is 4.98 Å². The van der Waals surface area contributed by atoms with Gasteiger partial charge >= 0.3 is 0 Å². The van der Waals surface area contributed by atoms with E-state index in [9.17, 15) is 0 Å². The van der Waals surface area contributed by atoms with Crippen molar-refractivity contribution in [1.29, 1.82) is 0 Å². The van der Waals surface area contributed by atoms with E-state index >= 15 is 0 Å². The Morgan fingerprint density at radius 3 is 2.03 bits per heavy atom. The molecule has 2 heterocycles. The summed E-state index contributed by atoms with van der Waals surface area (Å²) in [4.78, 5) is 5.00. The van der Waals surface area contributed by atoms with Gasteiger partial charge in [0.15, 0.2) is 0 Å². The molecule has 30 heavy (non-hydrogen) atoms. The molecule has 0 N–H and O–H groups in total. The van der Waals surface area contributed by atoms with Crippen molar-refractivity contribution in [2.24, 2.45) is 0 Å². The Hall–Kier alpha value is -2.76. The Labute approximate surface area is 181 Å². The van der Waals surface area contributed by atoms with E-state index in [2.05, 4.69) is 117 Å². The van der Waals surface area contributed by atoms with Crippen LogP contribution in [-0.2, 0) is 0 Å². The highest BCUT2D eigenvalue weighted by Gasteiger charge is 2.39. The van der Waals surface area contributed by atoms with Gasteiger partial charge in [0.1, 0.15) is 16.1 Å². The van der Waals surface area contributed by atoms with Crippen LogP contribution in [0.3, 0.4) is 0 Å². The second kappa shape index (κ2) is 6.90. The number of aromatic nitrogens is 1. The molecule has 0 spiro atoms. The van der Waals surface area contributed by atoms with Crippen LogP contribution in [0.4, 0.5) is 0 Å². The van der Waals surface area contributed by atoms with Crippen LogP contribution in [0.5, 0.6) is 0 Å². The van der Waals surface area contributed by atoms with Crippen LogP contribution in [0.2, 0.25) is 26.2 Å². The van der Waals surface area contributed by atoms with Crippen LogP contribution in [0.1, 0.15) is 0 Å². The molecule has 1 aliphatic heterocycles. The lowest BCUT2D eigenvalue weighted by atomic mass is 10.0. The van der Waals surface area contributed by atoms with E-state index in [-0.39, 0.29) is 0 Å². The molecular weight excluding hydrogens is 394 g/mol. The molecule has 3 heteroatoms. The SMILES string of the molecule is C[Si](C)(c1ccccc1)c1ccc(-c2cccc3c2[Si](C)(C)c2ccccc2-3)nc1. The molecule has 0 aliphatic carbocycles. The predicted molar refractivity (Wildman–Crippen MR) is 135 cm³/mol. The normalized spacial score (nSPS) is 14.3. The lowest BCUT2D eigenvalue weighted by Crippen LogP contribution is -2.53. The average Bonchev–Trinajstić information content (AvgIpc) is 3.02. The summed E-state index contributed by atoms with van der Waals surface area (Å²) < 4.78 is 0. The van der Waals surface area contributed by atoms with Crippen LogP contribution < -0.4 is 20.7 Å². The lowest BCUT2D eigenvalue weighted by Gasteiger charge is -2.24. The second-order valence-electron chi connectivity index (χ2n) is 9.32. The van der Waals surface area contributed by atoms with Gasteiger partial charge in [0.2, 0.25) is 0 Å². The Balaban J connectivity index is 1.60. The minimum atomic E-state index is -1.74. The van der Waals surface area contributed by atoms with Crippen molar-refractivity contribution in [2.75, 3.05) is 0 Å². The van der Waals surface area contributed by atoms with Crippen molar-refractivity contribution >= 4 is 36.9 Å². The number of rotatable bonds is 3. The van der Waals surface area contributed by atoms with Gasteiger partial charge in [0.05, 0.1) is 5.69 Å². The minimum Gasteiger partial charge on any atom is -0.256 e. The van der Waals surface area contributed by atoms with Crippen molar-refractivity contribution in [2.45, 2.75) is 26.2 Å². The number of nitrogens with zero attached hydrogens (tertiary/aromatic N) is 1. The number of benzene rings is 3. The molecule has 4 aromatic rings. The smallest absolute Gasteiger partial charge is 0.114 e. The van der Waals surface area contributed by atoms with Gasteiger partial charge in [0, 0.05) is 11.8 Å². The summed E-state index contributed by atoms with van der Waals surface area (Å²) in [6.07, 6.45) is 2.13. The van der Waals surface area contributed by atoms with Gasteiger partial charge in [-0.05, 0) is 32.8 Å². The fourth-order valence-electron chi connectivity index (χ4n) is 5.01. The Bertz CT molecular complexity index is 1230. The number of fused-ring (bicyclic) bond motifs is 3. The zero-order valence-electron chi connectivity index (χ0n) is 18.1. The van der Waals surface area contributed by atoms with Gasteiger partial charge in [-0.2, -0.15) is 0 Å². The van der Waals surface area contributed by atoms with E-state index in [0.29, 0.717) is 0 Å². The van der Waals surface area contributed by atoms with Gasteiger partial charge in [-0.15, -0.1) is 0 Å².